The van der Waals surface area contributed by atoms with Gasteiger partial charge in [0.25, 0.3) is 0 Å². The maximum atomic E-state index is 11.8. The molecule has 0 fully saturated rings. The Morgan fingerprint density at radius 3 is 2.31 bits per heavy atom. The van der Waals surface area contributed by atoms with Crippen LogP contribution in [0.4, 0.5) is 11.4 Å². The number of carbonyl (C=O) groups excluding carboxylic acids is 1. The summed E-state index contributed by atoms with van der Waals surface area (Å²) in [7, 11) is 1.39. The van der Waals surface area contributed by atoms with Crippen molar-refractivity contribution in [3.63, 3.8) is 0 Å². The number of rotatable bonds is 4. The third kappa shape index (κ3) is 3.86. The summed E-state index contributed by atoms with van der Waals surface area (Å²) in [6, 6.07) is 21.4. The normalized spacial score (nSPS) is 10.9. The number of benzene rings is 3. The van der Waals surface area contributed by atoms with E-state index in [1.165, 1.54) is 12.7 Å². The zero-order chi connectivity index (χ0) is 18.5. The van der Waals surface area contributed by atoms with Crippen molar-refractivity contribution in [1.82, 2.24) is 0 Å². The minimum atomic E-state index is -0.332. The monoisotopic (exact) mass is 344 g/mol. The highest BCUT2D eigenvalue weighted by atomic mass is 16.5. The fourth-order valence-corrected chi connectivity index (χ4v) is 2.70. The molecule has 4 heteroatoms. The van der Waals surface area contributed by atoms with Gasteiger partial charge in [-0.15, -0.1) is 5.11 Å². The topological polar surface area (TPSA) is 51.0 Å². The highest BCUT2D eigenvalue weighted by molar-refractivity contribution is 5.92. The molecule has 3 aromatic rings. The van der Waals surface area contributed by atoms with Gasteiger partial charge in [-0.3, -0.25) is 0 Å². The van der Waals surface area contributed by atoms with E-state index < -0.39 is 0 Å². The van der Waals surface area contributed by atoms with Crippen LogP contribution in [0, 0.1) is 13.8 Å². The van der Waals surface area contributed by atoms with Gasteiger partial charge >= 0.3 is 5.97 Å². The fraction of sp³-hybridized carbons (Fsp3) is 0.136. The Labute approximate surface area is 153 Å². The second-order valence-corrected chi connectivity index (χ2v) is 6.07. The molecule has 0 spiro atoms. The summed E-state index contributed by atoms with van der Waals surface area (Å²) >= 11 is 0. The average molecular weight is 344 g/mol. The largest absolute Gasteiger partial charge is 0.465 e. The van der Waals surface area contributed by atoms with Gasteiger partial charge in [-0.2, -0.15) is 5.11 Å². The van der Waals surface area contributed by atoms with Crippen LogP contribution in [-0.4, -0.2) is 13.1 Å². The molecule has 0 aliphatic carbocycles. The number of ether oxygens (including phenoxy) is 1. The molecular formula is C22H20N2O2. The summed E-state index contributed by atoms with van der Waals surface area (Å²) in [5, 5.41) is 8.76. The van der Waals surface area contributed by atoms with Crippen LogP contribution in [0.1, 0.15) is 21.5 Å². The van der Waals surface area contributed by atoms with Gasteiger partial charge in [-0.25, -0.2) is 4.79 Å². The number of aryl methyl sites for hydroxylation is 2. The number of carbonyl (C=O) groups is 1. The van der Waals surface area contributed by atoms with Gasteiger partial charge in [-0.1, -0.05) is 48.0 Å². The molecule has 0 atom stereocenters. The smallest absolute Gasteiger partial charge is 0.338 e. The molecule has 0 N–H and O–H groups in total. The molecule has 0 radical (unpaired) electrons. The van der Waals surface area contributed by atoms with E-state index in [0.29, 0.717) is 5.56 Å². The summed E-state index contributed by atoms with van der Waals surface area (Å²) in [4.78, 5) is 11.8. The lowest BCUT2D eigenvalue weighted by Crippen LogP contribution is -2.03. The zero-order valence-electron chi connectivity index (χ0n) is 15.1. The minimum Gasteiger partial charge on any atom is -0.465 e. The summed E-state index contributed by atoms with van der Waals surface area (Å²) in [6.45, 7) is 3.93. The highest BCUT2D eigenvalue weighted by Gasteiger charge is 2.11. The quantitative estimate of drug-likeness (QED) is 0.419. The van der Waals surface area contributed by atoms with Crippen LogP contribution < -0.4 is 0 Å². The lowest BCUT2D eigenvalue weighted by Gasteiger charge is -2.09. The lowest BCUT2D eigenvalue weighted by molar-refractivity contribution is 0.0600. The van der Waals surface area contributed by atoms with Gasteiger partial charge in [0.05, 0.1) is 24.0 Å². The average Bonchev–Trinajstić information content (AvgIpc) is 2.67. The molecule has 0 amide bonds. The molecule has 0 aromatic heterocycles. The van der Waals surface area contributed by atoms with Crippen molar-refractivity contribution >= 4 is 17.3 Å². The van der Waals surface area contributed by atoms with Crippen molar-refractivity contribution in [3.8, 4) is 11.1 Å². The standard InChI is InChI=1S/C22H20N2O2/c1-15-8-11-18(12-9-15)23-24-21-7-5-4-6-20(21)17-10-13-19(16(2)14-17)22(25)26-3/h4-14H,1-3H3. The molecule has 4 nitrogen and oxygen atoms in total. The van der Waals surface area contributed by atoms with Gasteiger partial charge in [0.1, 0.15) is 0 Å². The van der Waals surface area contributed by atoms with Crippen molar-refractivity contribution in [2.75, 3.05) is 7.11 Å². The van der Waals surface area contributed by atoms with Gasteiger partial charge in [0, 0.05) is 5.56 Å². The van der Waals surface area contributed by atoms with Crippen LogP contribution in [0.25, 0.3) is 11.1 Å². The molecule has 0 unspecified atom stereocenters. The molecule has 0 bridgehead atoms. The van der Waals surface area contributed by atoms with Crippen LogP contribution in [-0.2, 0) is 4.74 Å². The molecule has 0 aliphatic heterocycles. The van der Waals surface area contributed by atoms with Crippen molar-refractivity contribution in [3.05, 3.63) is 83.4 Å². The van der Waals surface area contributed by atoms with Crippen LogP contribution in [0.3, 0.4) is 0 Å². The predicted molar refractivity (Wildman–Crippen MR) is 103 cm³/mol. The second kappa shape index (κ2) is 7.74. The third-order valence-corrected chi connectivity index (χ3v) is 4.15. The number of hydrogen-bond acceptors (Lipinski definition) is 4. The van der Waals surface area contributed by atoms with Crippen molar-refractivity contribution < 1.29 is 9.53 Å². The molecule has 0 aliphatic rings. The summed E-state index contributed by atoms with van der Waals surface area (Å²) < 4.78 is 4.81. The van der Waals surface area contributed by atoms with Crippen LogP contribution in [0.2, 0.25) is 0 Å². The van der Waals surface area contributed by atoms with Gasteiger partial charge in [-0.05, 0) is 49.2 Å². The van der Waals surface area contributed by atoms with E-state index in [1.54, 1.807) is 6.07 Å². The number of hydrogen-bond donors (Lipinski definition) is 0. The number of methoxy groups -OCH3 is 1. The molecule has 0 heterocycles. The van der Waals surface area contributed by atoms with E-state index in [0.717, 1.165) is 28.1 Å². The van der Waals surface area contributed by atoms with Crippen molar-refractivity contribution in [1.29, 1.82) is 0 Å². The lowest BCUT2D eigenvalue weighted by atomic mass is 9.99. The predicted octanol–water partition coefficient (Wildman–Crippen LogP) is 6.17. The third-order valence-electron chi connectivity index (χ3n) is 4.15. The molecule has 26 heavy (non-hydrogen) atoms. The summed E-state index contributed by atoms with van der Waals surface area (Å²) in [5.74, 6) is -0.332. The Hall–Kier alpha value is -3.27. The number of esters is 1. The maximum absolute atomic E-state index is 11.8. The summed E-state index contributed by atoms with van der Waals surface area (Å²) in [6.07, 6.45) is 0. The van der Waals surface area contributed by atoms with E-state index in [1.807, 2.05) is 74.5 Å². The first-order chi connectivity index (χ1) is 12.6. The molecule has 0 saturated carbocycles. The zero-order valence-corrected chi connectivity index (χ0v) is 15.1. The first-order valence-corrected chi connectivity index (χ1v) is 8.35. The number of azo groups is 1. The number of nitrogens with zero attached hydrogens (tertiary/aromatic N) is 2. The first-order valence-electron chi connectivity index (χ1n) is 8.35. The Bertz CT molecular complexity index is 960. The van der Waals surface area contributed by atoms with Crippen LogP contribution in [0.15, 0.2) is 77.0 Å². The molecule has 3 aromatic carbocycles. The molecule has 130 valence electrons. The van der Waals surface area contributed by atoms with Crippen LogP contribution >= 0.6 is 0 Å². The van der Waals surface area contributed by atoms with E-state index in [9.17, 15) is 4.79 Å². The van der Waals surface area contributed by atoms with E-state index >= 15 is 0 Å². The Morgan fingerprint density at radius 2 is 1.62 bits per heavy atom. The van der Waals surface area contributed by atoms with Crippen molar-refractivity contribution in [2.24, 2.45) is 10.2 Å². The van der Waals surface area contributed by atoms with Crippen LogP contribution in [0.5, 0.6) is 0 Å². The summed E-state index contributed by atoms with van der Waals surface area (Å²) in [5.41, 5.74) is 6.14. The van der Waals surface area contributed by atoms with Gasteiger partial charge < -0.3 is 4.74 Å². The fourth-order valence-electron chi connectivity index (χ4n) is 2.70. The van der Waals surface area contributed by atoms with Gasteiger partial charge in [0.15, 0.2) is 0 Å². The van der Waals surface area contributed by atoms with Gasteiger partial charge in [0.2, 0.25) is 0 Å². The Balaban J connectivity index is 1.95. The minimum absolute atomic E-state index is 0.332. The molecule has 0 saturated heterocycles. The Kier molecular flexibility index (Phi) is 5.23. The Morgan fingerprint density at radius 1 is 0.885 bits per heavy atom. The van der Waals surface area contributed by atoms with E-state index in [4.69, 9.17) is 4.74 Å². The second-order valence-electron chi connectivity index (χ2n) is 6.07. The SMILES string of the molecule is COC(=O)c1ccc(-c2ccccc2N=Nc2ccc(C)cc2)cc1C. The maximum Gasteiger partial charge on any atom is 0.338 e. The van der Waals surface area contributed by atoms with Crippen molar-refractivity contribution in [2.45, 2.75) is 13.8 Å². The van der Waals surface area contributed by atoms with E-state index in [2.05, 4.69) is 10.2 Å². The molecular weight excluding hydrogens is 324 g/mol. The molecule has 3 rings (SSSR count). The highest BCUT2D eigenvalue weighted by Crippen LogP contribution is 2.32. The van der Waals surface area contributed by atoms with E-state index in [-0.39, 0.29) is 5.97 Å². The first kappa shape index (κ1) is 17.5.